The lowest BCUT2D eigenvalue weighted by Crippen LogP contribution is -2.16. The van der Waals surface area contributed by atoms with Crippen LogP contribution in [-0.2, 0) is 4.74 Å². The Hall–Kier alpha value is -0.450. The summed E-state index contributed by atoms with van der Waals surface area (Å²) in [4.78, 5) is 0. The van der Waals surface area contributed by atoms with E-state index in [1.807, 2.05) is 0 Å². The first-order chi connectivity index (χ1) is 6.15. The molecule has 0 radical (unpaired) electrons. The fourth-order valence-electron chi connectivity index (χ4n) is 1.07. The van der Waals surface area contributed by atoms with Crippen LogP contribution in [0.25, 0.3) is 0 Å². The van der Waals surface area contributed by atoms with Gasteiger partial charge >= 0.3 is 0 Å². The molecule has 0 spiro atoms. The summed E-state index contributed by atoms with van der Waals surface area (Å²) in [5.74, 6) is -0.278. The number of hydrogen-bond acceptors (Lipinski definition) is 2. The van der Waals surface area contributed by atoms with Crippen LogP contribution in [0.15, 0.2) is 22.7 Å². The predicted molar refractivity (Wildman–Crippen MR) is 52.9 cm³/mol. The zero-order valence-corrected chi connectivity index (χ0v) is 8.84. The fraction of sp³-hybridized carbons (Fsp3) is 0.333. The van der Waals surface area contributed by atoms with Gasteiger partial charge in [-0.2, -0.15) is 0 Å². The number of methoxy groups -OCH3 is 1. The van der Waals surface area contributed by atoms with E-state index in [9.17, 15) is 4.39 Å². The van der Waals surface area contributed by atoms with Gasteiger partial charge in [-0.3, -0.25) is 0 Å². The van der Waals surface area contributed by atoms with Crippen LogP contribution < -0.4 is 5.73 Å². The van der Waals surface area contributed by atoms with Gasteiger partial charge in [-0.25, -0.2) is 4.39 Å². The molecule has 0 amide bonds. The van der Waals surface area contributed by atoms with E-state index >= 15 is 0 Å². The lowest BCUT2D eigenvalue weighted by atomic mass is 10.1. The fourth-order valence-corrected chi connectivity index (χ4v) is 1.72. The Morgan fingerprint density at radius 1 is 1.62 bits per heavy atom. The van der Waals surface area contributed by atoms with E-state index in [0.29, 0.717) is 11.1 Å². The third kappa shape index (κ3) is 2.76. The Bertz CT molecular complexity index is 293. The van der Waals surface area contributed by atoms with Gasteiger partial charge < -0.3 is 10.5 Å². The summed E-state index contributed by atoms with van der Waals surface area (Å²) >= 11 is 3.24. The molecule has 4 heteroatoms. The first-order valence-electron chi connectivity index (χ1n) is 3.84. The Balaban J connectivity index is 2.88. The van der Waals surface area contributed by atoms with E-state index in [2.05, 4.69) is 15.9 Å². The summed E-state index contributed by atoms with van der Waals surface area (Å²) < 4.78 is 18.3. The average Bonchev–Trinajstić information content (AvgIpc) is 2.04. The van der Waals surface area contributed by atoms with E-state index in [-0.39, 0.29) is 11.9 Å². The topological polar surface area (TPSA) is 35.2 Å². The minimum atomic E-state index is -0.278. The van der Waals surface area contributed by atoms with Crippen molar-refractivity contribution in [2.24, 2.45) is 5.73 Å². The lowest BCUT2D eigenvalue weighted by molar-refractivity contribution is 0.180. The number of hydrogen-bond donors (Lipinski definition) is 1. The summed E-state index contributed by atoms with van der Waals surface area (Å²) in [7, 11) is 1.58. The number of benzene rings is 1. The molecule has 0 heterocycles. The highest BCUT2D eigenvalue weighted by molar-refractivity contribution is 9.10. The van der Waals surface area contributed by atoms with Crippen molar-refractivity contribution in [2.45, 2.75) is 6.04 Å². The summed E-state index contributed by atoms with van der Waals surface area (Å²) in [5, 5.41) is 0. The van der Waals surface area contributed by atoms with Crippen molar-refractivity contribution in [3.63, 3.8) is 0 Å². The first-order valence-corrected chi connectivity index (χ1v) is 4.64. The van der Waals surface area contributed by atoms with E-state index in [0.717, 1.165) is 5.56 Å². The molecule has 1 atom stereocenters. The molecule has 2 nitrogen and oxygen atoms in total. The molecule has 0 aliphatic carbocycles. The Morgan fingerprint density at radius 2 is 2.31 bits per heavy atom. The Kier molecular flexibility index (Phi) is 3.84. The molecule has 13 heavy (non-hydrogen) atoms. The van der Waals surface area contributed by atoms with Crippen LogP contribution in [0.4, 0.5) is 4.39 Å². The van der Waals surface area contributed by atoms with Crippen molar-refractivity contribution in [2.75, 3.05) is 13.7 Å². The highest BCUT2D eigenvalue weighted by atomic mass is 79.9. The quantitative estimate of drug-likeness (QED) is 0.890. The van der Waals surface area contributed by atoms with Crippen LogP contribution in [0.5, 0.6) is 0 Å². The maximum Gasteiger partial charge on any atom is 0.124 e. The van der Waals surface area contributed by atoms with Gasteiger partial charge in [0.2, 0.25) is 0 Å². The van der Waals surface area contributed by atoms with Gasteiger partial charge in [0.15, 0.2) is 0 Å². The van der Waals surface area contributed by atoms with Gasteiger partial charge in [-0.15, -0.1) is 0 Å². The summed E-state index contributed by atoms with van der Waals surface area (Å²) in [6.07, 6.45) is 0. The van der Waals surface area contributed by atoms with Crippen LogP contribution in [0.3, 0.4) is 0 Å². The van der Waals surface area contributed by atoms with Gasteiger partial charge in [-0.1, -0.05) is 22.0 Å². The smallest absolute Gasteiger partial charge is 0.124 e. The van der Waals surface area contributed by atoms with Gasteiger partial charge in [0, 0.05) is 11.6 Å². The molecule has 2 N–H and O–H groups in total. The molecule has 1 aromatic carbocycles. The maximum absolute atomic E-state index is 12.7. The van der Waals surface area contributed by atoms with E-state index in [1.165, 1.54) is 12.1 Å². The molecule has 0 saturated carbocycles. The summed E-state index contributed by atoms with van der Waals surface area (Å²) in [6.45, 7) is 0.421. The molecule has 0 fully saturated rings. The second-order valence-corrected chi connectivity index (χ2v) is 3.58. The van der Waals surface area contributed by atoms with E-state index in [4.69, 9.17) is 10.5 Å². The molecule has 0 aliphatic heterocycles. The van der Waals surface area contributed by atoms with Crippen molar-refractivity contribution in [3.05, 3.63) is 34.1 Å². The monoisotopic (exact) mass is 247 g/mol. The molecule has 72 valence electrons. The van der Waals surface area contributed by atoms with Crippen molar-refractivity contribution < 1.29 is 9.13 Å². The first kappa shape index (κ1) is 10.6. The SMILES string of the molecule is COC[C@H](N)c1ccc(F)cc1Br. The third-order valence-corrected chi connectivity index (χ3v) is 2.39. The third-order valence-electron chi connectivity index (χ3n) is 1.71. The minimum absolute atomic E-state index is 0.222. The number of rotatable bonds is 3. The van der Waals surface area contributed by atoms with Crippen molar-refractivity contribution in [3.8, 4) is 0 Å². The molecule has 0 saturated heterocycles. The van der Waals surface area contributed by atoms with Gasteiger partial charge in [0.1, 0.15) is 5.82 Å². The maximum atomic E-state index is 12.7. The van der Waals surface area contributed by atoms with Gasteiger partial charge in [0.25, 0.3) is 0 Å². The largest absolute Gasteiger partial charge is 0.383 e. The number of halogens is 2. The van der Waals surface area contributed by atoms with Gasteiger partial charge in [0.05, 0.1) is 12.6 Å². The number of nitrogens with two attached hydrogens (primary N) is 1. The van der Waals surface area contributed by atoms with Crippen LogP contribution >= 0.6 is 15.9 Å². The molecular weight excluding hydrogens is 237 g/mol. The van der Waals surface area contributed by atoms with Crippen LogP contribution in [0, 0.1) is 5.82 Å². The normalized spacial score (nSPS) is 12.9. The van der Waals surface area contributed by atoms with Crippen LogP contribution in [0.2, 0.25) is 0 Å². The van der Waals surface area contributed by atoms with Crippen LogP contribution in [0.1, 0.15) is 11.6 Å². The number of ether oxygens (including phenoxy) is 1. The van der Waals surface area contributed by atoms with E-state index in [1.54, 1.807) is 13.2 Å². The molecule has 1 rings (SSSR count). The second kappa shape index (κ2) is 4.69. The highest BCUT2D eigenvalue weighted by Crippen LogP contribution is 2.22. The Morgan fingerprint density at radius 3 is 2.85 bits per heavy atom. The average molecular weight is 248 g/mol. The minimum Gasteiger partial charge on any atom is -0.383 e. The van der Waals surface area contributed by atoms with E-state index < -0.39 is 0 Å². The molecule has 0 bridgehead atoms. The van der Waals surface area contributed by atoms with Crippen molar-refractivity contribution in [1.82, 2.24) is 0 Å². The molecule has 1 aromatic rings. The zero-order chi connectivity index (χ0) is 9.84. The summed E-state index contributed by atoms with van der Waals surface area (Å²) in [6, 6.07) is 4.21. The van der Waals surface area contributed by atoms with Crippen LogP contribution in [-0.4, -0.2) is 13.7 Å². The Labute approximate surface area is 85.0 Å². The predicted octanol–water partition coefficient (Wildman–Crippen LogP) is 2.23. The summed E-state index contributed by atoms with van der Waals surface area (Å²) in [5.41, 5.74) is 6.63. The zero-order valence-electron chi connectivity index (χ0n) is 7.26. The second-order valence-electron chi connectivity index (χ2n) is 2.73. The molecular formula is C9H11BrFNO. The highest BCUT2D eigenvalue weighted by Gasteiger charge is 2.09. The lowest BCUT2D eigenvalue weighted by Gasteiger charge is -2.12. The van der Waals surface area contributed by atoms with Crippen molar-refractivity contribution >= 4 is 15.9 Å². The van der Waals surface area contributed by atoms with Crippen molar-refractivity contribution in [1.29, 1.82) is 0 Å². The standard InChI is InChI=1S/C9H11BrFNO/c1-13-5-9(12)7-3-2-6(11)4-8(7)10/h2-4,9H,5,12H2,1H3/t9-/m0/s1. The molecule has 0 aromatic heterocycles. The molecule has 0 aliphatic rings. The van der Waals surface area contributed by atoms with Gasteiger partial charge in [-0.05, 0) is 17.7 Å². The molecule has 0 unspecified atom stereocenters.